The van der Waals surface area contributed by atoms with E-state index in [0.29, 0.717) is 52.4 Å². The Balaban J connectivity index is 0.916. The minimum atomic E-state index is -2.58. The number of fused-ring (bicyclic) bond motifs is 2. The summed E-state index contributed by atoms with van der Waals surface area (Å²) in [5.74, 6) is -0.314. The zero-order valence-electron chi connectivity index (χ0n) is 42.1. The predicted molar refractivity (Wildman–Crippen MR) is 294 cm³/mol. The van der Waals surface area contributed by atoms with E-state index in [4.69, 9.17) is 9.47 Å². The summed E-state index contributed by atoms with van der Waals surface area (Å²) in [4.78, 5) is 50.4. The van der Waals surface area contributed by atoms with Gasteiger partial charge in [0, 0.05) is 46.4 Å². The van der Waals surface area contributed by atoms with Gasteiger partial charge in [-0.3, -0.25) is 28.9 Å². The van der Waals surface area contributed by atoms with E-state index in [1.807, 2.05) is 174 Å². The average Bonchev–Trinajstić information content (AvgIpc) is 4.24. The number of aliphatic hydroxyl groups excluding tert-OH is 1. The van der Waals surface area contributed by atoms with Crippen LogP contribution >= 0.6 is 0 Å². The van der Waals surface area contributed by atoms with Crippen molar-refractivity contribution >= 4 is 81.0 Å². The minimum Gasteiger partial charge on any atom is -0.497 e. The third kappa shape index (κ3) is 7.12. The number of anilines is 5. The minimum absolute atomic E-state index is 0.0935. The van der Waals surface area contributed by atoms with Crippen LogP contribution in [-0.2, 0) is 28.2 Å². The van der Waals surface area contributed by atoms with Gasteiger partial charge >= 0.3 is 0 Å². The van der Waals surface area contributed by atoms with Gasteiger partial charge in [0.05, 0.1) is 74.2 Å². The van der Waals surface area contributed by atoms with Crippen molar-refractivity contribution in [2.75, 3.05) is 28.4 Å². The molecule has 75 heavy (non-hydrogen) atoms. The predicted octanol–water partition coefficient (Wildman–Crippen LogP) is 11.2. The van der Waals surface area contributed by atoms with Crippen LogP contribution in [0, 0.1) is 5.92 Å². The summed E-state index contributed by atoms with van der Waals surface area (Å²) in [6.07, 6.45) is 2.01. The first kappa shape index (κ1) is 46.5. The number of hydrogen-bond acceptors (Lipinski definition) is 8. The number of hydrogen-bond donors (Lipinski definition) is 1. The number of nitrogens with zero attached hydrogens (tertiary/aromatic N) is 6. The van der Waals surface area contributed by atoms with Crippen LogP contribution in [0.4, 0.5) is 28.4 Å². The lowest BCUT2D eigenvalue weighted by Gasteiger charge is -2.37. The van der Waals surface area contributed by atoms with Crippen LogP contribution in [0.3, 0.4) is 0 Å². The summed E-state index contributed by atoms with van der Waals surface area (Å²) in [6, 6.07) is 55.6. The Morgan fingerprint density at radius 1 is 0.707 bits per heavy atom. The van der Waals surface area contributed by atoms with E-state index < -0.39 is 19.8 Å². The molecule has 1 aromatic heterocycles. The van der Waals surface area contributed by atoms with Crippen LogP contribution in [0.25, 0.3) is 21.5 Å². The molecule has 4 aliphatic rings. The SMILES string of the molecule is COc1ccc([Si](C)(C)[C@H]2[C@H](CCn3cc(C(CO)c4ccccc4)nn3)O[C@@]3(C(=O)N(Cc4cccc(N5C(=O)c6cccc7cccc5c67)c4)c4ccc(N5C(=O)c6cccc7cccc5c67)cc43)[C@@H]2C)cc1. The molecule has 3 amide bonds. The van der Waals surface area contributed by atoms with Crippen LogP contribution < -0.4 is 24.6 Å². The van der Waals surface area contributed by atoms with Crippen LogP contribution in [0.5, 0.6) is 5.75 Å². The van der Waals surface area contributed by atoms with Gasteiger partial charge in [0.2, 0.25) is 0 Å². The summed E-state index contributed by atoms with van der Waals surface area (Å²) in [6.45, 7) is 7.44. The van der Waals surface area contributed by atoms with Gasteiger partial charge in [0.1, 0.15) is 5.75 Å². The smallest absolute Gasteiger partial charge is 0.264 e. The number of carbonyl (C=O) groups is 3. The molecule has 0 saturated carbocycles. The molecule has 8 aromatic carbocycles. The van der Waals surface area contributed by atoms with Crippen molar-refractivity contribution < 1.29 is 29.0 Å². The van der Waals surface area contributed by atoms with Crippen LogP contribution in [0.2, 0.25) is 18.6 Å². The van der Waals surface area contributed by atoms with E-state index in [-0.39, 0.29) is 48.3 Å². The van der Waals surface area contributed by atoms with Crippen LogP contribution in [0.1, 0.15) is 62.4 Å². The molecular weight excluding hydrogens is 953 g/mol. The van der Waals surface area contributed by atoms with Gasteiger partial charge in [-0.05, 0) is 101 Å². The van der Waals surface area contributed by atoms with Crippen molar-refractivity contribution in [3.05, 3.63) is 210 Å². The second-order valence-corrected chi connectivity index (χ2v) is 25.6. The summed E-state index contributed by atoms with van der Waals surface area (Å²) >= 11 is 0. The highest BCUT2D eigenvalue weighted by atomic mass is 28.3. The molecule has 13 heteroatoms. The second-order valence-electron chi connectivity index (χ2n) is 20.9. The summed E-state index contributed by atoms with van der Waals surface area (Å²) in [7, 11) is -0.914. The van der Waals surface area contributed by atoms with E-state index in [0.717, 1.165) is 49.8 Å². The normalized spacial score (nSPS) is 20.1. The van der Waals surface area contributed by atoms with Gasteiger partial charge in [0.15, 0.2) is 5.60 Å². The lowest BCUT2D eigenvalue weighted by molar-refractivity contribution is -0.146. The molecule has 9 aromatic rings. The number of amides is 3. The molecular formula is C62H54N6O6Si. The Morgan fingerprint density at radius 2 is 1.33 bits per heavy atom. The first-order valence-corrected chi connectivity index (χ1v) is 28.7. The average molecular weight is 1010 g/mol. The molecule has 5 atom stereocenters. The Labute approximate surface area is 435 Å². The van der Waals surface area contributed by atoms with Crippen LogP contribution in [0.15, 0.2) is 176 Å². The highest BCUT2D eigenvalue weighted by Gasteiger charge is 2.66. The highest BCUT2D eigenvalue weighted by molar-refractivity contribution is 6.91. The molecule has 12 nitrogen and oxygen atoms in total. The van der Waals surface area contributed by atoms with Crippen molar-refractivity contribution in [2.24, 2.45) is 5.92 Å². The Morgan fingerprint density at radius 3 is 1.97 bits per heavy atom. The highest BCUT2D eigenvalue weighted by Crippen LogP contribution is 2.61. The number of rotatable bonds is 13. The maximum Gasteiger partial charge on any atom is 0.264 e. The number of aliphatic hydroxyl groups is 1. The van der Waals surface area contributed by atoms with Gasteiger partial charge in [-0.2, -0.15) is 0 Å². The van der Waals surface area contributed by atoms with Gasteiger partial charge in [0.25, 0.3) is 17.7 Å². The molecule has 1 fully saturated rings. The molecule has 0 radical (unpaired) electrons. The molecule has 1 saturated heterocycles. The molecule has 1 unspecified atom stereocenters. The van der Waals surface area contributed by atoms with Gasteiger partial charge in [-0.15, -0.1) is 5.10 Å². The molecule has 4 aliphatic heterocycles. The fourth-order valence-electron chi connectivity index (χ4n) is 13.1. The second kappa shape index (κ2) is 17.7. The third-order valence-corrected chi connectivity index (χ3v) is 21.0. The Bertz CT molecular complexity index is 3780. The maximum atomic E-state index is 16.3. The number of aryl methyl sites for hydroxylation is 1. The lowest BCUT2D eigenvalue weighted by atomic mass is 9.82. The fraction of sp³-hybridized carbons (Fsp3) is 0.210. The first-order chi connectivity index (χ1) is 36.5. The molecule has 5 heterocycles. The largest absolute Gasteiger partial charge is 0.497 e. The molecule has 13 rings (SSSR count). The van der Waals surface area contributed by atoms with E-state index in [1.54, 1.807) is 16.9 Å². The molecule has 1 N–H and O–H groups in total. The van der Waals surface area contributed by atoms with Gasteiger partial charge in [-0.25, -0.2) is 0 Å². The Kier molecular flexibility index (Phi) is 11.0. The van der Waals surface area contributed by atoms with Crippen molar-refractivity contribution in [3.8, 4) is 5.75 Å². The third-order valence-electron chi connectivity index (χ3n) is 16.6. The lowest BCUT2D eigenvalue weighted by Crippen LogP contribution is -2.51. The number of aromatic nitrogens is 3. The number of ether oxygens (including phenoxy) is 2. The summed E-state index contributed by atoms with van der Waals surface area (Å²) < 4.78 is 15.1. The van der Waals surface area contributed by atoms with Crippen LogP contribution in [-0.4, -0.2) is 65.7 Å². The quantitative estimate of drug-likeness (QED) is 0.113. The van der Waals surface area contributed by atoms with Gasteiger partial charge < -0.3 is 19.5 Å². The van der Waals surface area contributed by atoms with Gasteiger partial charge in [-0.1, -0.05) is 134 Å². The van der Waals surface area contributed by atoms with Crippen molar-refractivity contribution in [1.29, 1.82) is 0 Å². The number of carbonyl (C=O) groups excluding carboxylic acids is 3. The number of benzene rings is 8. The standard InChI is InChI=1S/C62H54N6O6Si/c1-38-58(75(3,4)46-28-26-45(73-2)27-29-46)55(31-32-65-36-51(63-64-65)49(37-69)40-14-6-5-7-15-40)74-62(38)50-34-44(68-54-24-12-19-42-17-10-22-48(57(42)54)60(68)71)25-30-52(50)66(61(62)72)35-39-13-8-20-43(33-39)67-53-23-11-18-41-16-9-21-47(56(41)53)59(67)70/h5-30,33-34,36,38,49,55,58,69H,31-32,35,37H2,1-4H3/t38-,49?,55+,58-,62+/m1/s1. The zero-order valence-corrected chi connectivity index (χ0v) is 43.1. The van der Waals surface area contributed by atoms with Crippen molar-refractivity contribution in [2.45, 2.75) is 62.7 Å². The van der Waals surface area contributed by atoms with Crippen molar-refractivity contribution in [3.63, 3.8) is 0 Å². The van der Waals surface area contributed by atoms with E-state index in [9.17, 15) is 14.7 Å². The van der Waals surface area contributed by atoms with E-state index in [2.05, 4.69) is 42.5 Å². The fourth-order valence-corrected chi connectivity index (χ4v) is 17.1. The summed E-state index contributed by atoms with van der Waals surface area (Å²) in [5.41, 5.74) is 6.60. The van der Waals surface area contributed by atoms with E-state index >= 15 is 4.79 Å². The van der Waals surface area contributed by atoms with Crippen molar-refractivity contribution in [1.82, 2.24) is 15.0 Å². The summed E-state index contributed by atoms with van der Waals surface area (Å²) in [5, 5.41) is 24.7. The molecule has 1 spiro atoms. The Hall–Kier alpha value is -8.23. The zero-order chi connectivity index (χ0) is 51.3. The maximum absolute atomic E-state index is 16.3. The molecule has 0 aliphatic carbocycles. The first-order valence-electron chi connectivity index (χ1n) is 25.7. The van der Waals surface area contributed by atoms with E-state index in [1.165, 1.54) is 5.19 Å². The topological polar surface area (TPSA) is 130 Å². The number of methoxy groups -OCH3 is 1. The molecule has 372 valence electrons. The monoisotopic (exact) mass is 1010 g/mol. The molecule has 0 bridgehead atoms.